The summed E-state index contributed by atoms with van der Waals surface area (Å²) in [6, 6.07) is 4.03. The van der Waals surface area contributed by atoms with E-state index in [1.165, 1.54) is 19.3 Å². The molecular weight excluding hydrogens is 376 g/mol. The lowest BCUT2D eigenvalue weighted by Crippen LogP contribution is -2.31. The average molecular weight is 403 g/mol. The third-order valence-electron chi connectivity index (χ3n) is 5.37. The first-order valence-electron chi connectivity index (χ1n) is 9.86. The quantitative estimate of drug-likeness (QED) is 0.711. The molecule has 1 aliphatic heterocycles. The summed E-state index contributed by atoms with van der Waals surface area (Å²) in [4.78, 5) is 15.0. The van der Waals surface area contributed by atoms with Crippen molar-refractivity contribution >= 4 is 9.84 Å². The minimum absolute atomic E-state index is 0.0857. The number of pyridine rings is 1. The molecule has 0 amide bonds. The van der Waals surface area contributed by atoms with Crippen LogP contribution in [0.5, 0.6) is 5.88 Å². The van der Waals surface area contributed by atoms with E-state index in [1.54, 1.807) is 6.20 Å². The summed E-state index contributed by atoms with van der Waals surface area (Å²) in [5.74, 6) is 0.710. The Morgan fingerprint density at radius 3 is 2.68 bits per heavy atom. The minimum atomic E-state index is -3.37. The van der Waals surface area contributed by atoms with E-state index in [-0.39, 0.29) is 5.16 Å². The Hall–Kier alpha value is -2.06. The number of sulfone groups is 1. The lowest BCUT2D eigenvalue weighted by Gasteiger charge is -2.28. The normalized spacial score (nSPS) is 18.6. The lowest BCUT2D eigenvalue weighted by atomic mass is 9.98. The molecule has 1 saturated carbocycles. The number of fused-ring (bicyclic) bond motifs is 1. The van der Waals surface area contributed by atoms with Gasteiger partial charge in [-0.15, -0.1) is 0 Å². The van der Waals surface area contributed by atoms with E-state index in [1.807, 2.05) is 12.3 Å². The van der Waals surface area contributed by atoms with Crippen LogP contribution in [0.2, 0.25) is 0 Å². The van der Waals surface area contributed by atoms with Gasteiger partial charge < -0.3 is 4.74 Å². The second-order valence-corrected chi connectivity index (χ2v) is 9.65. The fourth-order valence-corrected chi connectivity index (χ4v) is 4.38. The molecule has 2 aromatic rings. The standard InChI is InChI=1S/C20H26N4O3S/c1-28(25,26)20-22-12-16-14-24(10-9-18(16)23-20)13-15-7-8-19(21-11-15)27-17-5-3-2-4-6-17/h7-8,11-12,17H,2-6,9-10,13-14H2,1H3. The average Bonchev–Trinajstić information content (AvgIpc) is 2.69. The Balaban J connectivity index is 1.36. The molecule has 28 heavy (non-hydrogen) atoms. The van der Waals surface area contributed by atoms with Crippen molar-refractivity contribution in [3.63, 3.8) is 0 Å². The number of nitrogens with zero attached hydrogens (tertiary/aromatic N) is 4. The zero-order chi connectivity index (χ0) is 19.6. The van der Waals surface area contributed by atoms with Crippen molar-refractivity contribution in [3.05, 3.63) is 41.3 Å². The van der Waals surface area contributed by atoms with Crippen LogP contribution in [0, 0.1) is 0 Å². The van der Waals surface area contributed by atoms with Gasteiger partial charge in [-0.05, 0) is 31.2 Å². The van der Waals surface area contributed by atoms with Crippen molar-refractivity contribution in [1.29, 1.82) is 0 Å². The smallest absolute Gasteiger partial charge is 0.246 e. The molecule has 0 N–H and O–H groups in total. The van der Waals surface area contributed by atoms with Crippen LogP contribution >= 0.6 is 0 Å². The third-order valence-corrected chi connectivity index (χ3v) is 6.23. The summed E-state index contributed by atoms with van der Waals surface area (Å²) < 4.78 is 29.2. The second kappa shape index (κ2) is 8.13. The fourth-order valence-electron chi connectivity index (χ4n) is 3.86. The monoisotopic (exact) mass is 402 g/mol. The highest BCUT2D eigenvalue weighted by Gasteiger charge is 2.21. The number of aromatic nitrogens is 3. The molecule has 2 aromatic heterocycles. The molecule has 1 aliphatic carbocycles. The molecule has 0 bridgehead atoms. The topological polar surface area (TPSA) is 85.3 Å². The minimum Gasteiger partial charge on any atom is -0.474 e. The van der Waals surface area contributed by atoms with Gasteiger partial charge in [-0.25, -0.2) is 23.4 Å². The van der Waals surface area contributed by atoms with Gasteiger partial charge in [-0.3, -0.25) is 4.90 Å². The Morgan fingerprint density at radius 1 is 1.14 bits per heavy atom. The predicted molar refractivity (Wildman–Crippen MR) is 105 cm³/mol. The van der Waals surface area contributed by atoms with E-state index >= 15 is 0 Å². The molecule has 3 heterocycles. The van der Waals surface area contributed by atoms with Crippen molar-refractivity contribution in [3.8, 4) is 5.88 Å². The van der Waals surface area contributed by atoms with Crippen molar-refractivity contribution in [2.24, 2.45) is 0 Å². The number of hydrogen-bond acceptors (Lipinski definition) is 7. The molecule has 150 valence electrons. The Morgan fingerprint density at radius 2 is 1.96 bits per heavy atom. The van der Waals surface area contributed by atoms with Gasteiger partial charge in [-0.2, -0.15) is 0 Å². The van der Waals surface area contributed by atoms with Crippen LogP contribution in [0.25, 0.3) is 0 Å². The number of rotatable bonds is 5. The highest BCUT2D eigenvalue weighted by atomic mass is 32.2. The first-order valence-corrected chi connectivity index (χ1v) is 11.8. The maximum Gasteiger partial charge on any atom is 0.246 e. The van der Waals surface area contributed by atoms with Crippen LogP contribution < -0.4 is 4.74 Å². The summed E-state index contributed by atoms with van der Waals surface area (Å²) in [5, 5.41) is -0.0857. The first kappa shape index (κ1) is 19.3. The molecule has 0 spiro atoms. The van der Waals surface area contributed by atoms with E-state index in [2.05, 4.69) is 25.9 Å². The second-order valence-electron chi connectivity index (χ2n) is 7.74. The summed E-state index contributed by atoms with van der Waals surface area (Å²) in [5.41, 5.74) is 2.96. The molecule has 0 aromatic carbocycles. The molecule has 1 fully saturated rings. The van der Waals surface area contributed by atoms with E-state index < -0.39 is 9.84 Å². The van der Waals surface area contributed by atoms with Gasteiger partial charge in [0.05, 0.1) is 5.69 Å². The SMILES string of the molecule is CS(=O)(=O)c1ncc2c(n1)CCN(Cc1ccc(OC3CCCCC3)nc1)C2. The predicted octanol–water partition coefficient (Wildman–Crippen LogP) is 2.54. The van der Waals surface area contributed by atoms with Crippen LogP contribution in [0.3, 0.4) is 0 Å². The Labute approximate surface area is 166 Å². The van der Waals surface area contributed by atoms with Crippen molar-refractivity contribution in [2.45, 2.75) is 62.9 Å². The van der Waals surface area contributed by atoms with Gasteiger partial charge in [0.2, 0.25) is 20.9 Å². The van der Waals surface area contributed by atoms with Crippen molar-refractivity contribution in [2.75, 3.05) is 12.8 Å². The highest BCUT2D eigenvalue weighted by molar-refractivity contribution is 7.90. The van der Waals surface area contributed by atoms with Crippen molar-refractivity contribution in [1.82, 2.24) is 19.9 Å². The van der Waals surface area contributed by atoms with Crippen LogP contribution in [0.1, 0.15) is 48.9 Å². The number of hydrogen-bond donors (Lipinski definition) is 0. The Kier molecular flexibility index (Phi) is 5.59. The fraction of sp³-hybridized carbons (Fsp3) is 0.550. The summed E-state index contributed by atoms with van der Waals surface area (Å²) in [7, 11) is -3.37. The molecule has 0 radical (unpaired) electrons. The summed E-state index contributed by atoms with van der Waals surface area (Å²) >= 11 is 0. The highest BCUT2D eigenvalue weighted by Crippen LogP contribution is 2.23. The zero-order valence-electron chi connectivity index (χ0n) is 16.2. The van der Waals surface area contributed by atoms with E-state index in [4.69, 9.17) is 4.74 Å². The van der Waals surface area contributed by atoms with Crippen LogP contribution in [0.4, 0.5) is 0 Å². The van der Waals surface area contributed by atoms with Gasteiger partial charge in [0.25, 0.3) is 0 Å². The summed E-state index contributed by atoms with van der Waals surface area (Å²) in [6.07, 6.45) is 11.7. The van der Waals surface area contributed by atoms with Gasteiger partial charge in [-0.1, -0.05) is 12.5 Å². The van der Waals surface area contributed by atoms with Gasteiger partial charge in [0.1, 0.15) is 6.10 Å². The Bertz CT molecular complexity index is 925. The van der Waals surface area contributed by atoms with Crippen LogP contribution in [-0.4, -0.2) is 47.2 Å². The van der Waals surface area contributed by atoms with Crippen molar-refractivity contribution < 1.29 is 13.2 Å². The van der Waals surface area contributed by atoms with Gasteiger partial charge in [0.15, 0.2) is 0 Å². The number of ether oxygens (including phenoxy) is 1. The largest absolute Gasteiger partial charge is 0.474 e. The maximum atomic E-state index is 11.6. The molecule has 0 atom stereocenters. The molecule has 8 heteroatoms. The first-order chi connectivity index (χ1) is 13.5. The third kappa shape index (κ3) is 4.67. The lowest BCUT2D eigenvalue weighted by molar-refractivity contribution is 0.148. The van der Waals surface area contributed by atoms with E-state index in [9.17, 15) is 8.42 Å². The summed E-state index contributed by atoms with van der Waals surface area (Å²) in [6.45, 7) is 2.32. The molecular formula is C20H26N4O3S. The van der Waals surface area contributed by atoms with Gasteiger partial charge >= 0.3 is 0 Å². The van der Waals surface area contributed by atoms with E-state index in [0.717, 1.165) is 55.4 Å². The van der Waals surface area contributed by atoms with Crippen LogP contribution in [0.15, 0.2) is 29.7 Å². The van der Waals surface area contributed by atoms with Crippen LogP contribution in [-0.2, 0) is 29.3 Å². The molecule has 7 nitrogen and oxygen atoms in total. The van der Waals surface area contributed by atoms with E-state index in [0.29, 0.717) is 18.5 Å². The molecule has 4 rings (SSSR count). The zero-order valence-corrected chi connectivity index (χ0v) is 17.0. The molecule has 2 aliphatic rings. The molecule has 0 unspecified atom stereocenters. The molecule has 0 saturated heterocycles. The van der Waals surface area contributed by atoms with Gasteiger partial charge in [0, 0.05) is 56.3 Å². The maximum absolute atomic E-state index is 11.6.